The lowest BCUT2D eigenvalue weighted by atomic mass is 10.2. The molecule has 0 aromatic rings. The van der Waals surface area contributed by atoms with E-state index in [2.05, 4.69) is 4.85 Å². The van der Waals surface area contributed by atoms with Gasteiger partial charge in [-0.2, -0.15) is 0 Å². The van der Waals surface area contributed by atoms with E-state index in [9.17, 15) is 9.18 Å². The Balaban J connectivity index is 2.54. The maximum Gasteiger partial charge on any atom is 0.410 e. The number of halogens is 1. The first kappa shape index (κ1) is 11.8. The molecule has 0 aromatic heterocycles. The number of alkyl halides is 1. The first-order chi connectivity index (χ1) is 6.83. The van der Waals surface area contributed by atoms with E-state index in [1.807, 2.05) is 0 Å². The van der Waals surface area contributed by atoms with Gasteiger partial charge in [-0.05, 0) is 20.8 Å². The summed E-state index contributed by atoms with van der Waals surface area (Å²) < 4.78 is 18.2. The second kappa shape index (κ2) is 4.05. The van der Waals surface area contributed by atoms with Gasteiger partial charge in [0.2, 0.25) is 0 Å². The summed E-state index contributed by atoms with van der Waals surface area (Å²) in [7, 11) is 0. The van der Waals surface area contributed by atoms with Crippen LogP contribution in [0.1, 0.15) is 20.8 Å². The first-order valence-corrected chi connectivity index (χ1v) is 4.82. The molecule has 0 bridgehead atoms. The summed E-state index contributed by atoms with van der Waals surface area (Å²) in [6.07, 6.45) is -1.80. The Hall–Kier alpha value is -1.31. The van der Waals surface area contributed by atoms with Crippen molar-refractivity contribution in [1.82, 2.24) is 4.90 Å². The van der Waals surface area contributed by atoms with Crippen LogP contribution < -0.4 is 0 Å². The van der Waals surface area contributed by atoms with Gasteiger partial charge in [0.15, 0.2) is 6.17 Å². The molecule has 4 nitrogen and oxygen atoms in total. The van der Waals surface area contributed by atoms with E-state index in [-0.39, 0.29) is 13.1 Å². The van der Waals surface area contributed by atoms with Crippen molar-refractivity contribution in [1.29, 1.82) is 0 Å². The van der Waals surface area contributed by atoms with Gasteiger partial charge in [-0.15, -0.1) is 0 Å². The van der Waals surface area contributed by atoms with Crippen LogP contribution in [0.5, 0.6) is 0 Å². The zero-order valence-electron chi connectivity index (χ0n) is 9.16. The maximum absolute atomic E-state index is 13.2. The number of hydrogen-bond acceptors (Lipinski definition) is 2. The molecule has 0 saturated carbocycles. The third-order valence-electron chi connectivity index (χ3n) is 2.04. The summed E-state index contributed by atoms with van der Waals surface area (Å²) in [6.45, 7) is 12.1. The van der Waals surface area contributed by atoms with Crippen molar-refractivity contribution in [3.05, 3.63) is 11.4 Å². The number of rotatable bonds is 0. The minimum absolute atomic E-state index is 0.0397. The molecule has 1 amide bonds. The highest BCUT2D eigenvalue weighted by Gasteiger charge is 2.41. The standard InChI is InChI=1S/C10H15FN2O2/c1-10(2,3)15-9(14)13-5-7(11)8(6-13)12-4/h7-8H,5-6H2,1-3H3/t7-,8+/m1/s1. The number of amides is 1. The van der Waals surface area contributed by atoms with Crippen molar-refractivity contribution < 1.29 is 13.9 Å². The Morgan fingerprint density at radius 1 is 1.53 bits per heavy atom. The van der Waals surface area contributed by atoms with E-state index in [1.165, 1.54) is 4.90 Å². The van der Waals surface area contributed by atoms with Crippen LogP contribution in [-0.2, 0) is 4.74 Å². The lowest BCUT2D eigenvalue weighted by Crippen LogP contribution is -2.35. The molecule has 0 aromatic carbocycles. The second-order valence-electron chi connectivity index (χ2n) is 4.60. The summed E-state index contributed by atoms with van der Waals surface area (Å²) >= 11 is 0. The maximum atomic E-state index is 13.2. The number of ether oxygens (including phenoxy) is 1. The molecule has 84 valence electrons. The van der Waals surface area contributed by atoms with Gasteiger partial charge in [-0.3, -0.25) is 4.90 Å². The average molecular weight is 214 g/mol. The highest BCUT2D eigenvalue weighted by molar-refractivity contribution is 5.68. The smallest absolute Gasteiger partial charge is 0.410 e. The predicted molar refractivity (Wildman–Crippen MR) is 53.1 cm³/mol. The molecule has 5 heteroatoms. The lowest BCUT2D eigenvalue weighted by Gasteiger charge is -2.23. The quantitative estimate of drug-likeness (QED) is 0.577. The second-order valence-corrected chi connectivity index (χ2v) is 4.60. The number of likely N-dealkylation sites (tertiary alicyclic amines) is 1. The fourth-order valence-electron chi connectivity index (χ4n) is 1.34. The predicted octanol–water partition coefficient (Wildman–Crippen LogP) is 1.86. The van der Waals surface area contributed by atoms with E-state index in [0.29, 0.717) is 0 Å². The third kappa shape index (κ3) is 3.08. The van der Waals surface area contributed by atoms with Gasteiger partial charge in [0.05, 0.1) is 6.54 Å². The summed E-state index contributed by atoms with van der Waals surface area (Å²) in [5.74, 6) is 0. The van der Waals surface area contributed by atoms with Gasteiger partial charge in [-0.25, -0.2) is 15.8 Å². The largest absolute Gasteiger partial charge is 0.444 e. The summed E-state index contributed by atoms with van der Waals surface area (Å²) in [6, 6.07) is -0.738. The van der Waals surface area contributed by atoms with Crippen molar-refractivity contribution in [3.8, 4) is 0 Å². The molecule has 1 aliphatic heterocycles. The van der Waals surface area contributed by atoms with E-state index in [1.54, 1.807) is 20.8 Å². The molecule has 2 atom stereocenters. The number of carbonyl (C=O) groups excluding carboxylic acids is 1. The topological polar surface area (TPSA) is 33.9 Å². The average Bonchev–Trinajstić information content (AvgIpc) is 2.43. The molecule has 1 heterocycles. The van der Waals surface area contributed by atoms with Crippen LogP contribution in [0.4, 0.5) is 9.18 Å². The van der Waals surface area contributed by atoms with Gasteiger partial charge in [-0.1, -0.05) is 0 Å². The number of carbonyl (C=O) groups is 1. The van der Waals surface area contributed by atoms with Gasteiger partial charge < -0.3 is 9.58 Å². The third-order valence-corrected chi connectivity index (χ3v) is 2.04. The Morgan fingerprint density at radius 3 is 2.53 bits per heavy atom. The lowest BCUT2D eigenvalue weighted by molar-refractivity contribution is 0.0284. The molecule has 0 radical (unpaired) electrons. The zero-order valence-corrected chi connectivity index (χ0v) is 9.16. The molecule has 0 unspecified atom stereocenters. The van der Waals surface area contributed by atoms with Crippen molar-refractivity contribution >= 4 is 6.09 Å². The monoisotopic (exact) mass is 214 g/mol. The molecule has 15 heavy (non-hydrogen) atoms. The summed E-state index contributed by atoms with van der Waals surface area (Å²) in [5, 5.41) is 0. The molecule has 0 aliphatic carbocycles. The normalized spacial score (nSPS) is 26.2. The van der Waals surface area contributed by atoms with Crippen molar-refractivity contribution in [2.45, 2.75) is 38.6 Å². The molecule has 0 N–H and O–H groups in total. The van der Waals surface area contributed by atoms with Crippen LogP contribution >= 0.6 is 0 Å². The summed E-state index contributed by atoms with van der Waals surface area (Å²) in [4.78, 5) is 15.9. The summed E-state index contributed by atoms with van der Waals surface area (Å²) in [5.41, 5.74) is -0.584. The van der Waals surface area contributed by atoms with E-state index < -0.39 is 23.9 Å². The van der Waals surface area contributed by atoms with Crippen LogP contribution in [0.2, 0.25) is 0 Å². The van der Waals surface area contributed by atoms with Gasteiger partial charge in [0.25, 0.3) is 6.04 Å². The van der Waals surface area contributed by atoms with Gasteiger partial charge in [0.1, 0.15) is 12.1 Å². The molecule has 1 fully saturated rings. The highest BCUT2D eigenvalue weighted by atomic mass is 19.1. The van der Waals surface area contributed by atoms with Crippen molar-refractivity contribution in [3.63, 3.8) is 0 Å². The minimum atomic E-state index is -1.25. The molecule has 1 saturated heterocycles. The van der Waals surface area contributed by atoms with Crippen molar-refractivity contribution in [2.75, 3.05) is 13.1 Å². The molecule has 1 aliphatic rings. The minimum Gasteiger partial charge on any atom is -0.444 e. The fraction of sp³-hybridized carbons (Fsp3) is 0.800. The molecular formula is C10H15FN2O2. The van der Waals surface area contributed by atoms with Gasteiger partial charge in [0, 0.05) is 0 Å². The van der Waals surface area contributed by atoms with Crippen LogP contribution in [0, 0.1) is 6.57 Å². The SMILES string of the molecule is [C-]#[N+][C@H]1CN(C(=O)OC(C)(C)C)C[C@H]1F. The Bertz CT molecular complexity index is 293. The van der Waals surface area contributed by atoms with Crippen LogP contribution in [0.15, 0.2) is 0 Å². The molecule has 0 spiro atoms. The Kier molecular flexibility index (Phi) is 3.18. The van der Waals surface area contributed by atoms with Gasteiger partial charge >= 0.3 is 6.09 Å². The highest BCUT2D eigenvalue weighted by Crippen LogP contribution is 2.19. The molecular weight excluding hydrogens is 199 g/mol. The molecule has 1 rings (SSSR count). The van der Waals surface area contributed by atoms with Crippen LogP contribution in [0.25, 0.3) is 4.85 Å². The number of nitrogens with zero attached hydrogens (tertiary/aromatic N) is 2. The Labute approximate surface area is 88.8 Å². The first-order valence-electron chi connectivity index (χ1n) is 4.82. The van der Waals surface area contributed by atoms with Crippen LogP contribution in [-0.4, -0.2) is 41.9 Å². The van der Waals surface area contributed by atoms with E-state index >= 15 is 0 Å². The van der Waals surface area contributed by atoms with Crippen LogP contribution in [0.3, 0.4) is 0 Å². The number of hydrogen-bond donors (Lipinski definition) is 0. The van der Waals surface area contributed by atoms with Crippen molar-refractivity contribution in [2.24, 2.45) is 0 Å². The Morgan fingerprint density at radius 2 is 2.13 bits per heavy atom. The zero-order chi connectivity index (χ0) is 11.6. The fourth-order valence-corrected chi connectivity index (χ4v) is 1.34. The van der Waals surface area contributed by atoms with E-state index in [4.69, 9.17) is 11.3 Å². The van der Waals surface area contributed by atoms with E-state index in [0.717, 1.165) is 0 Å².